The number of hydrogen-bond donors (Lipinski definition) is 0. The van der Waals surface area contributed by atoms with E-state index in [0.29, 0.717) is 9.99 Å². The summed E-state index contributed by atoms with van der Waals surface area (Å²) >= 11 is 3.34. The molecule has 0 bridgehead atoms. The molecule has 17 heavy (non-hydrogen) atoms. The van der Waals surface area contributed by atoms with Gasteiger partial charge in [-0.25, -0.2) is 4.79 Å². The van der Waals surface area contributed by atoms with E-state index in [1.165, 1.54) is 18.6 Å². The fourth-order valence-corrected chi connectivity index (χ4v) is 2.48. The fourth-order valence-electron chi connectivity index (χ4n) is 1.81. The van der Waals surface area contributed by atoms with Crippen molar-refractivity contribution in [3.05, 3.63) is 34.4 Å². The molecule has 0 radical (unpaired) electrons. The molecule has 0 aliphatic carbocycles. The van der Waals surface area contributed by atoms with E-state index in [2.05, 4.69) is 15.9 Å². The van der Waals surface area contributed by atoms with Gasteiger partial charge in [-0.1, -0.05) is 18.2 Å². The molecule has 0 amide bonds. The van der Waals surface area contributed by atoms with Gasteiger partial charge in [-0.15, -0.1) is 0 Å². The number of methoxy groups -OCH3 is 1. The Kier molecular flexibility index (Phi) is 3.02. The molecule has 88 valence electrons. The van der Waals surface area contributed by atoms with Crippen molar-refractivity contribution in [2.75, 3.05) is 7.11 Å². The molecule has 0 fully saturated rings. The molecular formula is C12H10BrNO3. The Morgan fingerprint density at radius 2 is 1.94 bits per heavy atom. The smallest absolute Gasteiger partial charge is 0.356 e. The van der Waals surface area contributed by atoms with Crippen LogP contribution in [-0.4, -0.2) is 23.6 Å². The number of para-hydroxylation sites is 1. The van der Waals surface area contributed by atoms with Crippen molar-refractivity contribution in [1.29, 1.82) is 0 Å². The second kappa shape index (κ2) is 4.33. The number of aromatic nitrogens is 1. The molecule has 0 atom stereocenters. The number of rotatable bonds is 1. The molecule has 2 aromatic rings. The van der Waals surface area contributed by atoms with Crippen LogP contribution in [0.4, 0.5) is 0 Å². The first-order valence-electron chi connectivity index (χ1n) is 4.96. The minimum Gasteiger partial charge on any atom is -0.464 e. The van der Waals surface area contributed by atoms with Gasteiger partial charge in [0.1, 0.15) is 5.69 Å². The first-order chi connectivity index (χ1) is 8.07. The maximum atomic E-state index is 11.7. The summed E-state index contributed by atoms with van der Waals surface area (Å²) in [6.45, 7) is 1.41. The lowest BCUT2D eigenvalue weighted by atomic mass is 10.2. The van der Waals surface area contributed by atoms with E-state index < -0.39 is 5.97 Å². The molecular weight excluding hydrogens is 286 g/mol. The van der Waals surface area contributed by atoms with Gasteiger partial charge in [0.05, 0.1) is 17.1 Å². The SMILES string of the molecule is COC(=O)c1c(Br)c2ccccc2n1C(C)=O. The molecule has 0 aliphatic rings. The number of fused-ring (bicyclic) bond motifs is 1. The van der Waals surface area contributed by atoms with Crippen LogP contribution in [0.3, 0.4) is 0 Å². The van der Waals surface area contributed by atoms with Gasteiger partial charge >= 0.3 is 5.97 Å². The summed E-state index contributed by atoms with van der Waals surface area (Å²) < 4.78 is 6.63. The van der Waals surface area contributed by atoms with Crippen molar-refractivity contribution in [3.8, 4) is 0 Å². The molecule has 1 heterocycles. The summed E-state index contributed by atoms with van der Waals surface area (Å²) in [6, 6.07) is 7.28. The van der Waals surface area contributed by atoms with E-state index in [9.17, 15) is 9.59 Å². The first-order valence-corrected chi connectivity index (χ1v) is 5.75. The van der Waals surface area contributed by atoms with E-state index in [-0.39, 0.29) is 11.6 Å². The lowest BCUT2D eigenvalue weighted by Crippen LogP contribution is -2.15. The van der Waals surface area contributed by atoms with Crippen LogP contribution in [-0.2, 0) is 4.74 Å². The quantitative estimate of drug-likeness (QED) is 0.760. The number of benzene rings is 1. The standard InChI is InChI=1S/C12H10BrNO3/c1-7(15)14-9-6-4-3-5-8(9)10(13)11(14)12(16)17-2/h3-6H,1-2H3. The van der Waals surface area contributed by atoms with E-state index in [4.69, 9.17) is 4.74 Å². The lowest BCUT2D eigenvalue weighted by molar-refractivity contribution is 0.0582. The number of ether oxygens (including phenoxy) is 1. The molecule has 4 nitrogen and oxygen atoms in total. The highest BCUT2D eigenvalue weighted by molar-refractivity contribution is 9.10. The lowest BCUT2D eigenvalue weighted by Gasteiger charge is -2.04. The van der Waals surface area contributed by atoms with Crippen LogP contribution in [0.2, 0.25) is 0 Å². The highest BCUT2D eigenvalue weighted by Crippen LogP contribution is 2.31. The van der Waals surface area contributed by atoms with Crippen molar-refractivity contribution < 1.29 is 14.3 Å². The average Bonchev–Trinajstić information content (AvgIpc) is 2.62. The minimum absolute atomic E-state index is 0.223. The Hall–Kier alpha value is -1.62. The van der Waals surface area contributed by atoms with Gasteiger partial charge in [-0.2, -0.15) is 0 Å². The molecule has 1 aromatic carbocycles. The maximum Gasteiger partial charge on any atom is 0.356 e. The second-order valence-electron chi connectivity index (χ2n) is 3.53. The predicted octanol–water partition coefficient (Wildman–Crippen LogP) is 2.85. The minimum atomic E-state index is -0.539. The van der Waals surface area contributed by atoms with Crippen LogP contribution in [0, 0.1) is 0 Å². The Morgan fingerprint density at radius 1 is 1.29 bits per heavy atom. The normalized spacial score (nSPS) is 10.5. The van der Waals surface area contributed by atoms with Crippen LogP contribution in [0.15, 0.2) is 28.7 Å². The Morgan fingerprint density at radius 3 is 2.53 bits per heavy atom. The molecule has 1 aromatic heterocycles. The zero-order valence-electron chi connectivity index (χ0n) is 9.36. The Bertz CT molecular complexity index is 615. The Labute approximate surface area is 106 Å². The maximum absolute atomic E-state index is 11.7. The van der Waals surface area contributed by atoms with Crippen molar-refractivity contribution in [1.82, 2.24) is 4.57 Å². The number of carbonyl (C=O) groups is 2. The van der Waals surface area contributed by atoms with Crippen LogP contribution < -0.4 is 0 Å². The van der Waals surface area contributed by atoms with Gasteiger partial charge < -0.3 is 4.74 Å². The monoisotopic (exact) mass is 295 g/mol. The van der Waals surface area contributed by atoms with Crippen molar-refractivity contribution >= 4 is 38.7 Å². The van der Waals surface area contributed by atoms with Crippen LogP contribution in [0.1, 0.15) is 22.2 Å². The van der Waals surface area contributed by atoms with Gasteiger partial charge in [0, 0.05) is 12.3 Å². The number of hydrogen-bond acceptors (Lipinski definition) is 3. The summed E-state index contributed by atoms with van der Waals surface area (Å²) in [5.74, 6) is -0.768. The van der Waals surface area contributed by atoms with E-state index >= 15 is 0 Å². The third kappa shape index (κ3) is 1.76. The van der Waals surface area contributed by atoms with Crippen LogP contribution >= 0.6 is 15.9 Å². The van der Waals surface area contributed by atoms with Crippen LogP contribution in [0.5, 0.6) is 0 Å². The van der Waals surface area contributed by atoms with E-state index in [1.54, 1.807) is 6.07 Å². The van der Waals surface area contributed by atoms with Crippen molar-refractivity contribution in [3.63, 3.8) is 0 Å². The number of carbonyl (C=O) groups excluding carboxylic acids is 2. The van der Waals surface area contributed by atoms with E-state index in [0.717, 1.165) is 5.39 Å². The summed E-state index contributed by atoms with van der Waals surface area (Å²) in [7, 11) is 1.29. The van der Waals surface area contributed by atoms with Gasteiger partial charge in [0.25, 0.3) is 0 Å². The second-order valence-corrected chi connectivity index (χ2v) is 4.32. The zero-order valence-corrected chi connectivity index (χ0v) is 10.9. The molecule has 0 aliphatic heterocycles. The third-order valence-electron chi connectivity index (χ3n) is 2.51. The molecule has 5 heteroatoms. The summed E-state index contributed by atoms with van der Waals surface area (Å²) in [6.07, 6.45) is 0. The number of nitrogens with zero attached hydrogens (tertiary/aromatic N) is 1. The summed E-state index contributed by atoms with van der Waals surface area (Å²) in [5.41, 5.74) is 0.911. The zero-order chi connectivity index (χ0) is 12.6. The third-order valence-corrected chi connectivity index (χ3v) is 3.31. The predicted molar refractivity (Wildman–Crippen MR) is 67.3 cm³/mol. The molecule has 0 saturated heterocycles. The highest BCUT2D eigenvalue weighted by Gasteiger charge is 2.23. The number of halogens is 1. The topological polar surface area (TPSA) is 48.3 Å². The molecule has 0 N–H and O–H groups in total. The first kappa shape index (κ1) is 11.9. The molecule has 0 spiro atoms. The average molecular weight is 296 g/mol. The van der Waals surface area contributed by atoms with Gasteiger partial charge in [-0.3, -0.25) is 9.36 Å². The summed E-state index contributed by atoms with van der Waals surface area (Å²) in [5, 5.41) is 0.808. The van der Waals surface area contributed by atoms with Gasteiger partial charge in [0.15, 0.2) is 0 Å². The largest absolute Gasteiger partial charge is 0.464 e. The molecule has 0 saturated carbocycles. The molecule has 0 unspecified atom stereocenters. The highest BCUT2D eigenvalue weighted by atomic mass is 79.9. The van der Waals surface area contributed by atoms with E-state index in [1.807, 2.05) is 18.2 Å². The van der Waals surface area contributed by atoms with Crippen molar-refractivity contribution in [2.45, 2.75) is 6.92 Å². The summed E-state index contributed by atoms with van der Waals surface area (Å²) in [4.78, 5) is 23.4. The Balaban J connectivity index is 2.90. The molecule has 2 rings (SSSR count). The van der Waals surface area contributed by atoms with Gasteiger partial charge in [-0.05, 0) is 22.0 Å². The van der Waals surface area contributed by atoms with Crippen molar-refractivity contribution in [2.24, 2.45) is 0 Å². The fraction of sp³-hybridized carbons (Fsp3) is 0.167. The van der Waals surface area contributed by atoms with Crippen LogP contribution in [0.25, 0.3) is 10.9 Å². The number of esters is 1. The van der Waals surface area contributed by atoms with Gasteiger partial charge in [0.2, 0.25) is 5.91 Å².